The quantitative estimate of drug-likeness (QED) is 0.872. The van der Waals surface area contributed by atoms with E-state index in [1.165, 1.54) is 5.75 Å². The van der Waals surface area contributed by atoms with Gasteiger partial charge in [0.2, 0.25) is 0 Å². The van der Waals surface area contributed by atoms with Crippen LogP contribution < -0.4 is 4.74 Å². The van der Waals surface area contributed by atoms with Crippen LogP contribution in [0.25, 0.3) is 0 Å². The summed E-state index contributed by atoms with van der Waals surface area (Å²) in [6, 6.07) is 7.88. The Morgan fingerprint density at radius 1 is 1.41 bits per heavy atom. The maximum atomic E-state index is 10.2. The monoisotopic (exact) mass is 252 g/mol. The molecule has 17 heavy (non-hydrogen) atoms. The van der Waals surface area contributed by atoms with Crippen LogP contribution in [0.4, 0.5) is 0 Å². The van der Waals surface area contributed by atoms with Crippen LogP contribution in [0.2, 0.25) is 0 Å². The zero-order chi connectivity index (χ0) is 12.1. The van der Waals surface area contributed by atoms with E-state index in [2.05, 4.69) is 6.92 Å². The topological polar surface area (TPSA) is 29.5 Å². The first kappa shape index (κ1) is 12.8. The Labute approximate surface area is 107 Å². The normalized spacial score (nSPS) is 21.4. The lowest BCUT2D eigenvalue weighted by Gasteiger charge is -2.17. The van der Waals surface area contributed by atoms with E-state index < -0.39 is 0 Å². The molecule has 2 rings (SSSR count). The summed E-state index contributed by atoms with van der Waals surface area (Å²) in [6.45, 7) is 2.84. The highest BCUT2D eigenvalue weighted by atomic mass is 32.2. The first-order valence-electron chi connectivity index (χ1n) is 6.30. The van der Waals surface area contributed by atoms with Crippen LogP contribution in [-0.4, -0.2) is 23.2 Å². The molecular weight excluding hydrogens is 232 g/mol. The lowest BCUT2D eigenvalue weighted by molar-refractivity contribution is 0.121. The molecule has 1 aromatic rings. The minimum atomic E-state index is -0.315. The highest BCUT2D eigenvalue weighted by molar-refractivity contribution is 7.99. The molecule has 1 N–H and O–H groups in total. The fraction of sp³-hybridized carbons (Fsp3) is 0.571. The molecule has 1 saturated heterocycles. The van der Waals surface area contributed by atoms with E-state index in [0.717, 1.165) is 36.5 Å². The number of hydrogen-bond donors (Lipinski definition) is 1. The minimum Gasteiger partial charge on any atom is -0.494 e. The summed E-state index contributed by atoms with van der Waals surface area (Å²) in [7, 11) is 0. The van der Waals surface area contributed by atoms with E-state index in [0.29, 0.717) is 5.92 Å². The van der Waals surface area contributed by atoms with Gasteiger partial charge in [0.15, 0.2) is 0 Å². The second-order valence-corrected chi connectivity index (χ2v) is 5.64. The van der Waals surface area contributed by atoms with E-state index in [4.69, 9.17) is 4.74 Å². The molecule has 94 valence electrons. The van der Waals surface area contributed by atoms with Gasteiger partial charge in [-0.1, -0.05) is 19.1 Å². The van der Waals surface area contributed by atoms with Crippen molar-refractivity contribution < 1.29 is 9.84 Å². The number of aliphatic hydroxyl groups is 1. The molecule has 0 radical (unpaired) electrons. The standard InChI is InChI=1S/C14H20O2S/c1-2-8-16-13-5-3-11(4-6-13)14(15)12-7-9-17-10-12/h3-6,12,14-15H,2,7-10H2,1H3. The summed E-state index contributed by atoms with van der Waals surface area (Å²) in [4.78, 5) is 0. The molecule has 0 aromatic heterocycles. The van der Waals surface area contributed by atoms with Gasteiger partial charge < -0.3 is 9.84 Å². The number of aliphatic hydroxyl groups excluding tert-OH is 1. The van der Waals surface area contributed by atoms with Gasteiger partial charge in [-0.25, -0.2) is 0 Å². The zero-order valence-electron chi connectivity index (χ0n) is 10.3. The van der Waals surface area contributed by atoms with E-state index in [1.807, 2.05) is 36.0 Å². The second-order valence-electron chi connectivity index (χ2n) is 4.49. The molecule has 2 atom stereocenters. The molecule has 1 fully saturated rings. The smallest absolute Gasteiger partial charge is 0.119 e. The lowest BCUT2D eigenvalue weighted by Crippen LogP contribution is -2.11. The molecule has 0 aliphatic carbocycles. The van der Waals surface area contributed by atoms with Gasteiger partial charge in [0.05, 0.1) is 12.7 Å². The molecule has 0 bridgehead atoms. The highest BCUT2D eigenvalue weighted by Gasteiger charge is 2.24. The van der Waals surface area contributed by atoms with Crippen molar-refractivity contribution in [3.05, 3.63) is 29.8 Å². The number of ether oxygens (including phenoxy) is 1. The number of benzene rings is 1. The number of thioether (sulfide) groups is 1. The van der Waals surface area contributed by atoms with Crippen LogP contribution in [-0.2, 0) is 0 Å². The summed E-state index contributed by atoms with van der Waals surface area (Å²) < 4.78 is 5.53. The van der Waals surface area contributed by atoms with Crippen molar-refractivity contribution in [1.29, 1.82) is 0 Å². The lowest BCUT2D eigenvalue weighted by atomic mass is 9.95. The third kappa shape index (κ3) is 3.39. The Morgan fingerprint density at radius 2 is 2.18 bits per heavy atom. The van der Waals surface area contributed by atoms with Crippen molar-refractivity contribution in [3.8, 4) is 5.75 Å². The van der Waals surface area contributed by atoms with Crippen molar-refractivity contribution in [2.75, 3.05) is 18.1 Å². The summed E-state index contributed by atoms with van der Waals surface area (Å²) >= 11 is 1.93. The highest BCUT2D eigenvalue weighted by Crippen LogP contribution is 2.34. The van der Waals surface area contributed by atoms with E-state index >= 15 is 0 Å². The van der Waals surface area contributed by atoms with Crippen LogP contribution in [0.3, 0.4) is 0 Å². The minimum absolute atomic E-state index is 0.315. The third-order valence-electron chi connectivity index (χ3n) is 3.11. The maximum Gasteiger partial charge on any atom is 0.119 e. The molecule has 2 nitrogen and oxygen atoms in total. The number of hydrogen-bond acceptors (Lipinski definition) is 3. The van der Waals surface area contributed by atoms with Gasteiger partial charge >= 0.3 is 0 Å². The molecule has 3 heteroatoms. The molecule has 0 spiro atoms. The van der Waals surface area contributed by atoms with Gasteiger partial charge in [0.25, 0.3) is 0 Å². The van der Waals surface area contributed by atoms with Gasteiger partial charge in [-0.3, -0.25) is 0 Å². The molecule has 2 unspecified atom stereocenters. The molecule has 1 aromatic carbocycles. The molecule has 0 amide bonds. The van der Waals surface area contributed by atoms with Crippen LogP contribution >= 0.6 is 11.8 Å². The van der Waals surface area contributed by atoms with Crippen LogP contribution in [0, 0.1) is 5.92 Å². The fourth-order valence-corrected chi connectivity index (χ4v) is 3.34. The van der Waals surface area contributed by atoms with E-state index in [1.54, 1.807) is 0 Å². The SMILES string of the molecule is CCCOc1ccc(C(O)C2CCSC2)cc1. The molecule has 1 aliphatic rings. The van der Waals surface area contributed by atoms with Gasteiger partial charge in [0.1, 0.15) is 5.75 Å². The van der Waals surface area contributed by atoms with Gasteiger partial charge in [-0.05, 0) is 48.0 Å². The Balaban J connectivity index is 1.96. The van der Waals surface area contributed by atoms with Crippen molar-refractivity contribution in [2.24, 2.45) is 5.92 Å². The first-order valence-corrected chi connectivity index (χ1v) is 7.45. The van der Waals surface area contributed by atoms with E-state index in [9.17, 15) is 5.11 Å². The van der Waals surface area contributed by atoms with Crippen molar-refractivity contribution in [2.45, 2.75) is 25.9 Å². The summed E-state index contributed by atoms with van der Waals surface area (Å²) in [6.07, 6.45) is 1.83. The van der Waals surface area contributed by atoms with Gasteiger partial charge in [-0.2, -0.15) is 11.8 Å². The average molecular weight is 252 g/mol. The summed E-state index contributed by atoms with van der Waals surface area (Å²) in [5, 5.41) is 10.2. The summed E-state index contributed by atoms with van der Waals surface area (Å²) in [5.41, 5.74) is 1.02. The fourth-order valence-electron chi connectivity index (χ4n) is 2.06. The molecule has 1 aliphatic heterocycles. The van der Waals surface area contributed by atoms with Crippen molar-refractivity contribution >= 4 is 11.8 Å². The summed E-state index contributed by atoms with van der Waals surface area (Å²) in [5.74, 6) is 3.57. The van der Waals surface area contributed by atoms with Crippen LogP contribution in [0.1, 0.15) is 31.4 Å². The zero-order valence-corrected chi connectivity index (χ0v) is 11.1. The van der Waals surface area contributed by atoms with E-state index in [-0.39, 0.29) is 6.10 Å². The molecule has 0 saturated carbocycles. The van der Waals surface area contributed by atoms with Crippen molar-refractivity contribution in [1.82, 2.24) is 0 Å². The predicted octanol–water partition coefficient (Wildman–Crippen LogP) is 3.26. The van der Waals surface area contributed by atoms with Crippen LogP contribution in [0.15, 0.2) is 24.3 Å². The Bertz CT molecular complexity index is 331. The Hall–Kier alpha value is -0.670. The Kier molecular flexibility index (Phi) is 4.75. The van der Waals surface area contributed by atoms with Crippen molar-refractivity contribution in [3.63, 3.8) is 0 Å². The number of rotatable bonds is 5. The van der Waals surface area contributed by atoms with Crippen LogP contribution in [0.5, 0.6) is 5.75 Å². The Morgan fingerprint density at radius 3 is 2.76 bits per heavy atom. The van der Waals surface area contributed by atoms with Gasteiger partial charge in [-0.15, -0.1) is 0 Å². The predicted molar refractivity (Wildman–Crippen MR) is 72.6 cm³/mol. The second kappa shape index (κ2) is 6.31. The molecule has 1 heterocycles. The maximum absolute atomic E-state index is 10.2. The third-order valence-corrected chi connectivity index (χ3v) is 4.29. The first-order chi connectivity index (χ1) is 8.31. The average Bonchev–Trinajstić information content (AvgIpc) is 2.90. The molecular formula is C14H20O2S. The van der Waals surface area contributed by atoms with Gasteiger partial charge in [0, 0.05) is 0 Å². The largest absolute Gasteiger partial charge is 0.494 e.